The van der Waals surface area contributed by atoms with Crippen LogP contribution < -0.4 is 0 Å². The molecule has 0 aromatic rings. The SMILES string of the molecule is COC(=O)[C@@H]1CCCN1C(=O)N1CCC(=O)CC1. The fraction of sp³-hybridized carbons (Fsp3) is 0.750. The summed E-state index contributed by atoms with van der Waals surface area (Å²) in [5.74, 6) is -0.154. The zero-order valence-electron chi connectivity index (χ0n) is 10.6. The Labute approximate surface area is 106 Å². The summed E-state index contributed by atoms with van der Waals surface area (Å²) in [6, 6.07) is -0.601. The van der Waals surface area contributed by atoms with Crippen LogP contribution in [0.3, 0.4) is 0 Å². The quantitative estimate of drug-likeness (QED) is 0.636. The molecule has 6 nitrogen and oxygen atoms in total. The molecule has 0 N–H and O–H groups in total. The highest BCUT2D eigenvalue weighted by Crippen LogP contribution is 2.21. The number of esters is 1. The lowest BCUT2D eigenvalue weighted by Crippen LogP contribution is -2.50. The van der Waals surface area contributed by atoms with E-state index < -0.39 is 6.04 Å². The molecule has 2 rings (SSSR count). The van der Waals surface area contributed by atoms with E-state index in [-0.39, 0.29) is 17.8 Å². The highest BCUT2D eigenvalue weighted by molar-refractivity contribution is 5.86. The van der Waals surface area contributed by atoms with Crippen molar-refractivity contribution in [2.45, 2.75) is 31.7 Å². The van der Waals surface area contributed by atoms with Gasteiger partial charge >= 0.3 is 12.0 Å². The largest absolute Gasteiger partial charge is 0.467 e. The van der Waals surface area contributed by atoms with Crippen LogP contribution in [0.4, 0.5) is 4.79 Å². The number of hydrogen-bond acceptors (Lipinski definition) is 4. The van der Waals surface area contributed by atoms with Crippen LogP contribution in [0.25, 0.3) is 0 Å². The number of Topliss-reactive ketones (excluding diaryl/α,β-unsaturated/α-hetero) is 1. The van der Waals surface area contributed by atoms with Crippen molar-refractivity contribution in [3.8, 4) is 0 Å². The van der Waals surface area contributed by atoms with Gasteiger partial charge in [-0.25, -0.2) is 9.59 Å². The van der Waals surface area contributed by atoms with Gasteiger partial charge in [-0.15, -0.1) is 0 Å². The second-order valence-electron chi connectivity index (χ2n) is 4.68. The normalized spacial score (nSPS) is 24.3. The number of amides is 2. The van der Waals surface area contributed by atoms with Crippen LogP contribution in [0.1, 0.15) is 25.7 Å². The number of rotatable bonds is 1. The molecular weight excluding hydrogens is 236 g/mol. The van der Waals surface area contributed by atoms with Crippen molar-refractivity contribution in [1.82, 2.24) is 9.80 Å². The highest BCUT2D eigenvalue weighted by Gasteiger charge is 2.37. The maximum Gasteiger partial charge on any atom is 0.328 e. The number of carbonyl (C=O) groups excluding carboxylic acids is 3. The van der Waals surface area contributed by atoms with Gasteiger partial charge < -0.3 is 14.5 Å². The molecule has 0 spiro atoms. The number of urea groups is 1. The molecule has 1 atom stereocenters. The van der Waals surface area contributed by atoms with E-state index in [9.17, 15) is 14.4 Å². The Morgan fingerprint density at radius 2 is 1.89 bits per heavy atom. The molecule has 0 aromatic heterocycles. The Balaban J connectivity index is 1.99. The lowest BCUT2D eigenvalue weighted by Gasteiger charge is -2.32. The molecule has 0 saturated carbocycles. The third kappa shape index (κ3) is 2.47. The summed E-state index contributed by atoms with van der Waals surface area (Å²) in [4.78, 5) is 38.2. The van der Waals surface area contributed by atoms with Gasteiger partial charge in [0.05, 0.1) is 7.11 Å². The first-order valence-electron chi connectivity index (χ1n) is 6.28. The van der Waals surface area contributed by atoms with Crippen molar-refractivity contribution >= 4 is 17.8 Å². The Bertz CT molecular complexity index is 359. The van der Waals surface area contributed by atoms with Gasteiger partial charge in [-0.1, -0.05) is 0 Å². The Hall–Kier alpha value is -1.59. The number of methoxy groups -OCH3 is 1. The number of ether oxygens (including phenoxy) is 1. The standard InChI is InChI=1S/C12H18N2O4/c1-18-11(16)10-3-2-6-14(10)12(17)13-7-4-9(15)5-8-13/h10H,2-8H2,1H3/t10-/m0/s1. The summed E-state index contributed by atoms with van der Waals surface area (Å²) in [7, 11) is 1.34. The van der Waals surface area contributed by atoms with Crippen LogP contribution >= 0.6 is 0 Å². The summed E-state index contributed by atoms with van der Waals surface area (Å²) < 4.78 is 4.71. The Kier molecular flexibility index (Phi) is 3.84. The van der Waals surface area contributed by atoms with E-state index in [0.29, 0.717) is 38.9 Å². The van der Waals surface area contributed by atoms with Gasteiger partial charge in [-0.2, -0.15) is 0 Å². The highest BCUT2D eigenvalue weighted by atomic mass is 16.5. The molecular formula is C12H18N2O4. The predicted octanol–water partition coefficient (Wildman–Crippen LogP) is 0.409. The average Bonchev–Trinajstić information content (AvgIpc) is 2.87. The molecule has 2 heterocycles. The minimum Gasteiger partial charge on any atom is -0.467 e. The molecule has 2 aliphatic rings. The second kappa shape index (κ2) is 5.37. The smallest absolute Gasteiger partial charge is 0.328 e. The van der Waals surface area contributed by atoms with Crippen LogP contribution in [-0.2, 0) is 14.3 Å². The molecule has 100 valence electrons. The van der Waals surface area contributed by atoms with Gasteiger partial charge in [0, 0.05) is 32.5 Å². The maximum absolute atomic E-state index is 12.3. The monoisotopic (exact) mass is 254 g/mol. The number of likely N-dealkylation sites (tertiary alicyclic amines) is 2. The molecule has 2 fully saturated rings. The van der Waals surface area contributed by atoms with Crippen LogP contribution in [-0.4, -0.2) is 60.4 Å². The molecule has 0 aliphatic carbocycles. The molecule has 2 amide bonds. The number of carbonyl (C=O) groups is 3. The molecule has 6 heteroatoms. The van der Waals surface area contributed by atoms with Gasteiger partial charge in [-0.3, -0.25) is 4.79 Å². The van der Waals surface area contributed by atoms with Gasteiger partial charge in [0.15, 0.2) is 0 Å². The summed E-state index contributed by atoms with van der Waals surface area (Å²) in [5.41, 5.74) is 0. The van der Waals surface area contributed by atoms with Crippen molar-refractivity contribution in [2.24, 2.45) is 0 Å². The lowest BCUT2D eigenvalue weighted by molar-refractivity contribution is -0.145. The minimum absolute atomic E-state index is 0.143. The number of piperidine rings is 1. The van der Waals surface area contributed by atoms with E-state index in [2.05, 4.69) is 0 Å². The third-order valence-corrected chi connectivity index (χ3v) is 3.56. The van der Waals surface area contributed by atoms with E-state index in [1.165, 1.54) is 7.11 Å². The fourth-order valence-electron chi connectivity index (χ4n) is 2.51. The van der Waals surface area contributed by atoms with Crippen molar-refractivity contribution in [2.75, 3.05) is 26.7 Å². The van der Waals surface area contributed by atoms with Crippen molar-refractivity contribution in [3.05, 3.63) is 0 Å². The zero-order valence-corrected chi connectivity index (χ0v) is 10.6. The fourth-order valence-corrected chi connectivity index (χ4v) is 2.51. The number of nitrogens with zero attached hydrogens (tertiary/aromatic N) is 2. The second-order valence-corrected chi connectivity index (χ2v) is 4.68. The molecule has 0 bridgehead atoms. The molecule has 0 aromatic carbocycles. The Morgan fingerprint density at radius 1 is 1.22 bits per heavy atom. The van der Waals surface area contributed by atoms with E-state index >= 15 is 0 Å². The predicted molar refractivity (Wildman–Crippen MR) is 63.0 cm³/mol. The van der Waals surface area contributed by atoms with Gasteiger partial charge in [0.25, 0.3) is 0 Å². The van der Waals surface area contributed by atoms with E-state index in [4.69, 9.17) is 4.74 Å². The van der Waals surface area contributed by atoms with Crippen LogP contribution in [0.2, 0.25) is 0 Å². The van der Waals surface area contributed by atoms with E-state index in [1.54, 1.807) is 9.80 Å². The summed E-state index contributed by atoms with van der Waals surface area (Å²) in [5, 5.41) is 0. The molecule has 2 saturated heterocycles. The van der Waals surface area contributed by atoms with E-state index in [0.717, 1.165) is 6.42 Å². The molecule has 0 unspecified atom stereocenters. The number of ketones is 1. The number of hydrogen-bond donors (Lipinski definition) is 0. The first-order chi connectivity index (χ1) is 8.63. The van der Waals surface area contributed by atoms with Crippen molar-refractivity contribution in [1.29, 1.82) is 0 Å². The molecule has 18 heavy (non-hydrogen) atoms. The van der Waals surface area contributed by atoms with Crippen molar-refractivity contribution < 1.29 is 19.1 Å². The zero-order chi connectivity index (χ0) is 13.1. The van der Waals surface area contributed by atoms with Crippen molar-refractivity contribution in [3.63, 3.8) is 0 Å². The first kappa shape index (κ1) is 12.9. The summed E-state index contributed by atoms with van der Waals surface area (Å²) in [6.07, 6.45) is 2.31. The van der Waals surface area contributed by atoms with Crippen LogP contribution in [0, 0.1) is 0 Å². The average molecular weight is 254 g/mol. The third-order valence-electron chi connectivity index (χ3n) is 3.56. The van der Waals surface area contributed by atoms with Gasteiger partial charge in [-0.05, 0) is 12.8 Å². The summed E-state index contributed by atoms with van der Waals surface area (Å²) in [6.45, 7) is 1.51. The minimum atomic E-state index is -0.458. The Morgan fingerprint density at radius 3 is 2.50 bits per heavy atom. The topological polar surface area (TPSA) is 66.9 Å². The van der Waals surface area contributed by atoms with Gasteiger partial charge in [0.2, 0.25) is 0 Å². The molecule has 0 radical (unpaired) electrons. The maximum atomic E-state index is 12.3. The molecule has 2 aliphatic heterocycles. The lowest BCUT2D eigenvalue weighted by atomic mass is 10.1. The van der Waals surface area contributed by atoms with Crippen LogP contribution in [0.5, 0.6) is 0 Å². The van der Waals surface area contributed by atoms with Crippen LogP contribution in [0.15, 0.2) is 0 Å². The first-order valence-corrected chi connectivity index (χ1v) is 6.28. The van der Waals surface area contributed by atoms with E-state index in [1.807, 2.05) is 0 Å². The van der Waals surface area contributed by atoms with Gasteiger partial charge in [0.1, 0.15) is 11.8 Å². The summed E-state index contributed by atoms with van der Waals surface area (Å²) >= 11 is 0.